The second kappa shape index (κ2) is 6.39. The first kappa shape index (κ1) is 14.3. The summed E-state index contributed by atoms with van der Waals surface area (Å²) >= 11 is 1.53. The molecule has 3 rings (SSSR count). The van der Waals surface area contributed by atoms with Crippen LogP contribution in [0.4, 0.5) is 0 Å². The summed E-state index contributed by atoms with van der Waals surface area (Å²) in [6, 6.07) is 8.08. The molecule has 1 amide bonds. The molecule has 2 aromatic rings. The number of piperidine rings is 1. The van der Waals surface area contributed by atoms with E-state index in [4.69, 9.17) is 0 Å². The van der Waals surface area contributed by atoms with Gasteiger partial charge in [-0.2, -0.15) is 0 Å². The third kappa shape index (κ3) is 3.50. The first-order chi connectivity index (χ1) is 10.2. The van der Waals surface area contributed by atoms with Gasteiger partial charge in [0.15, 0.2) is 0 Å². The van der Waals surface area contributed by atoms with Gasteiger partial charge in [-0.25, -0.2) is 0 Å². The fourth-order valence-corrected chi connectivity index (χ4v) is 3.62. The van der Waals surface area contributed by atoms with E-state index in [2.05, 4.69) is 17.1 Å². The van der Waals surface area contributed by atoms with Crippen LogP contribution in [0.1, 0.15) is 33.8 Å². The molecule has 1 fully saturated rings. The van der Waals surface area contributed by atoms with Gasteiger partial charge < -0.3 is 4.90 Å². The number of hydrogen-bond acceptors (Lipinski definition) is 3. The summed E-state index contributed by atoms with van der Waals surface area (Å²) in [6.07, 6.45) is 5.28. The number of thiophene rings is 1. The Balaban J connectivity index is 1.63. The Bertz CT molecular complexity index is 592. The fraction of sp³-hybridized carbons (Fsp3) is 0.412. The summed E-state index contributed by atoms with van der Waals surface area (Å²) in [7, 11) is 0. The van der Waals surface area contributed by atoms with Gasteiger partial charge in [-0.15, -0.1) is 11.3 Å². The van der Waals surface area contributed by atoms with Crippen molar-refractivity contribution in [3.63, 3.8) is 0 Å². The van der Waals surface area contributed by atoms with E-state index in [-0.39, 0.29) is 5.91 Å². The standard InChI is InChI=1S/C17H20N2OS/c1-13-6-7-14(11-18-13)10-15-4-2-8-19(12-15)17(20)16-5-3-9-21-16/h3,5-7,9,11,15H,2,4,8,10,12H2,1H3. The Kier molecular flexibility index (Phi) is 4.34. The van der Waals surface area contributed by atoms with E-state index in [9.17, 15) is 4.79 Å². The zero-order valence-corrected chi connectivity index (χ0v) is 13.1. The van der Waals surface area contributed by atoms with Crippen LogP contribution in [-0.2, 0) is 6.42 Å². The van der Waals surface area contributed by atoms with Crippen LogP contribution in [0, 0.1) is 12.8 Å². The number of likely N-dealkylation sites (tertiary alicyclic amines) is 1. The predicted molar refractivity (Wildman–Crippen MR) is 85.6 cm³/mol. The Morgan fingerprint density at radius 3 is 3.05 bits per heavy atom. The molecule has 3 heterocycles. The minimum Gasteiger partial charge on any atom is -0.338 e. The molecule has 0 aliphatic carbocycles. The molecular weight excluding hydrogens is 280 g/mol. The Morgan fingerprint density at radius 2 is 2.33 bits per heavy atom. The number of amides is 1. The molecule has 4 heteroatoms. The Hall–Kier alpha value is -1.68. The average molecular weight is 300 g/mol. The zero-order valence-electron chi connectivity index (χ0n) is 12.3. The second-order valence-electron chi connectivity index (χ2n) is 5.75. The van der Waals surface area contributed by atoms with Crippen LogP contribution in [0.25, 0.3) is 0 Å². The molecule has 0 spiro atoms. The molecule has 0 saturated carbocycles. The first-order valence-corrected chi connectivity index (χ1v) is 8.34. The lowest BCUT2D eigenvalue weighted by molar-refractivity contribution is 0.0678. The number of pyridine rings is 1. The number of carbonyl (C=O) groups excluding carboxylic acids is 1. The van der Waals surface area contributed by atoms with Crippen LogP contribution in [0.2, 0.25) is 0 Å². The van der Waals surface area contributed by atoms with Gasteiger partial charge in [-0.05, 0) is 55.2 Å². The number of aromatic nitrogens is 1. The van der Waals surface area contributed by atoms with E-state index in [0.29, 0.717) is 5.92 Å². The third-order valence-electron chi connectivity index (χ3n) is 4.04. The summed E-state index contributed by atoms with van der Waals surface area (Å²) in [5.74, 6) is 0.740. The lowest BCUT2D eigenvalue weighted by Gasteiger charge is -2.32. The van der Waals surface area contributed by atoms with Crippen LogP contribution in [0.5, 0.6) is 0 Å². The summed E-state index contributed by atoms with van der Waals surface area (Å²) in [5, 5.41) is 1.96. The predicted octanol–water partition coefficient (Wildman–Crippen LogP) is 3.55. The van der Waals surface area contributed by atoms with E-state index >= 15 is 0 Å². The number of nitrogens with zero attached hydrogens (tertiary/aromatic N) is 2. The molecular formula is C17H20N2OS. The molecule has 21 heavy (non-hydrogen) atoms. The van der Waals surface area contributed by atoms with Crippen molar-refractivity contribution >= 4 is 17.2 Å². The molecule has 1 aliphatic rings. The molecule has 0 bridgehead atoms. The smallest absolute Gasteiger partial charge is 0.263 e. The lowest BCUT2D eigenvalue weighted by atomic mass is 9.91. The molecule has 0 aromatic carbocycles. The van der Waals surface area contributed by atoms with Crippen molar-refractivity contribution in [1.29, 1.82) is 0 Å². The van der Waals surface area contributed by atoms with Gasteiger partial charge in [0.25, 0.3) is 5.91 Å². The SMILES string of the molecule is Cc1ccc(CC2CCCN(C(=O)c3cccs3)C2)cn1. The number of carbonyl (C=O) groups is 1. The van der Waals surface area contributed by atoms with E-state index in [0.717, 1.165) is 36.5 Å². The van der Waals surface area contributed by atoms with Gasteiger partial charge in [-0.1, -0.05) is 12.1 Å². The van der Waals surface area contributed by atoms with E-state index in [1.54, 1.807) is 0 Å². The highest BCUT2D eigenvalue weighted by atomic mass is 32.1. The monoisotopic (exact) mass is 300 g/mol. The molecule has 1 atom stereocenters. The van der Waals surface area contributed by atoms with Gasteiger partial charge in [-0.3, -0.25) is 9.78 Å². The molecule has 1 aliphatic heterocycles. The zero-order chi connectivity index (χ0) is 14.7. The second-order valence-corrected chi connectivity index (χ2v) is 6.70. The van der Waals surface area contributed by atoms with Crippen LogP contribution in [0.3, 0.4) is 0 Å². The quantitative estimate of drug-likeness (QED) is 0.868. The van der Waals surface area contributed by atoms with E-state index in [1.807, 2.05) is 35.5 Å². The Morgan fingerprint density at radius 1 is 1.43 bits per heavy atom. The minimum atomic E-state index is 0.191. The average Bonchev–Trinajstić information content (AvgIpc) is 3.03. The topological polar surface area (TPSA) is 33.2 Å². The number of rotatable bonds is 3. The van der Waals surface area contributed by atoms with Gasteiger partial charge in [0.1, 0.15) is 0 Å². The van der Waals surface area contributed by atoms with E-state index < -0.39 is 0 Å². The molecule has 0 radical (unpaired) electrons. The lowest BCUT2D eigenvalue weighted by Crippen LogP contribution is -2.40. The normalized spacial score (nSPS) is 18.7. The maximum Gasteiger partial charge on any atom is 0.263 e. The minimum absolute atomic E-state index is 0.191. The van der Waals surface area contributed by atoms with Gasteiger partial charge in [0.05, 0.1) is 4.88 Å². The van der Waals surface area contributed by atoms with Crippen LogP contribution in [-0.4, -0.2) is 28.9 Å². The van der Waals surface area contributed by atoms with Gasteiger partial charge >= 0.3 is 0 Å². The molecule has 2 aromatic heterocycles. The van der Waals surface area contributed by atoms with Crippen LogP contribution >= 0.6 is 11.3 Å². The summed E-state index contributed by atoms with van der Waals surface area (Å²) in [6.45, 7) is 3.76. The maximum absolute atomic E-state index is 12.4. The highest BCUT2D eigenvalue weighted by molar-refractivity contribution is 7.12. The summed E-state index contributed by atoms with van der Waals surface area (Å²) < 4.78 is 0. The van der Waals surface area contributed by atoms with E-state index in [1.165, 1.54) is 23.3 Å². The Labute approximate surface area is 129 Å². The van der Waals surface area contributed by atoms with Crippen molar-refractivity contribution in [2.45, 2.75) is 26.2 Å². The maximum atomic E-state index is 12.4. The van der Waals surface area contributed by atoms with Crippen molar-refractivity contribution < 1.29 is 4.79 Å². The summed E-state index contributed by atoms with van der Waals surface area (Å²) in [5.41, 5.74) is 2.33. The van der Waals surface area contributed by atoms with Crippen molar-refractivity contribution in [2.75, 3.05) is 13.1 Å². The fourth-order valence-electron chi connectivity index (χ4n) is 2.92. The van der Waals surface area contributed by atoms with Crippen LogP contribution < -0.4 is 0 Å². The molecule has 1 unspecified atom stereocenters. The molecule has 3 nitrogen and oxygen atoms in total. The third-order valence-corrected chi connectivity index (χ3v) is 4.89. The van der Waals surface area contributed by atoms with Crippen LogP contribution in [0.15, 0.2) is 35.8 Å². The van der Waals surface area contributed by atoms with Crippen molar-refractivity contribution in [3.8, 4) is 0 Å². The highest BCUT2D eigenvalue weighted by Crippen LogP contribution is 2.23. The van der Waals surface area contributed by atoms with Crippen molar-refractivity contribution in [1.82, 2.24) is 9.88 Å². The van der Waals surface area contributed by atoms with Crippen molar-refractivity contribution in [3.05, 3.63) is 52.0 Å². The molecule has 110 valence electrons. The highest BCUT2D eigenvalue weighted by Gasteiger charge is 2.25. The van der Waals surface area contributed by atoms with Crippen molar-refractivity contribution in [2.24, 2.45) is 5.92 Å². The molecule has 1 saturated heterocycles. The van der Waals surface area contributed by atoms with Gasteiger partial charge in [0.2, 0.25) is 0 Å². The largest absolute Gasteiger partial charge is 0.338 e. The summed E-state index contributed by atoms with van der Waals surface area (Å²) in [4.78, 5) is 19.7. The van der Waals surface area contributed by atoms with Gasteiger partial charge in [0, 0.05) is 25.0 Å². The first-order valence-electron chi connectivity index (χ1n) is 7.46. The number of aryl methyl sites for hydroxylation is 1. The molecule has 0 N–H and O–H groups in total. The number of hydrogen-bond donors (Lipinski definition) is 0.